The molecule has 0 radical (unpaired) electrons. The van der Waals surface area contributed by atoms with E-state index in [1.54, 1.807) is 11.3 Å². The minimum atomic E-state index is 0.348. The number of thiophene rings is 1. The molecule has 3 heteroatoms. The minimum Gasteiger partial charge on any atom is -0.469 e. The highest BCUT2D eigenvalue weighted by Gasteiger charge is 2.12. The van der Waals surface area contributed by atoms with Crippen LogP contribution in [0, 0.1) is 6.92 Å². The van der Waals surface area contributed by atoms with Crippen molar-refractivity contribution in [1.29, 1.82) is 0 Å². The molecule has 0 aliphatic carbocycles. The molecule has 0 bridgehead atoms. The van der Waals surface area contributed by atoms with Crippen LogP contribution in [0.3, 0.4) is 0 Å². The second-order valence-electron chi connectivity index (χ2n) is 3.62. The first kappa shape index (κ1) is 10.5. The largest absolute Gasteiger partial charge is 0.469 e. The van der Waals surface area contributed by atoms with E-state index in [0.29, 0.717) is 6.04 Å². The Morgan fingerprint density at radius 1 is 1.53 bits per heavy atom. The summed E-state index contributed by atoms with van der Waals surface area (Å²) >= 11 is 1.80. The zero-order valence-corrected chi connectivity index (χ0v) is 9.80. The molecule has 1 atom stereocenters. The van der Waals surface area contributed by atoms with Crippen LogP contribution >= 0.6 is 11.3 Å². The van der Waals surface area contributed by atoms with E-state index in [0.717, 1.165) is 12.2 Å². The first-order valence-corrected chi connectivity index (χ1v) is 5.92. The van der Waals surface area contributed by atoms with Crippen LogP contribution in [-0.4, -0.2) is 7.05 Å². The number of rotatable bonds is 4. The number of hydrogen-bond acceptors (Lipinski definition) is 3. The Morgan fingerprint density at radius 2 is 2.40 bits per heavy atom. The van der Waals surface area contributed by atoms with Gasteiger partial charge in [0.2, 0.25) is 0 Å². The Morgan fingerprint density at radius 3 is 2.93 bits per heavy atom. The van der Waals surface area contributed by atoms with Gasteiger partial charge in [0.1, 0.15) is 5.76 Å². The molecule has 15 heavy (non-hydrogen) atoms. The average molecular weight is 221 g/mol. The van der Waals surface area contributed by atoms with Crippen LogP contribution in [0.4, 0.5) is 0 Å². The van der Waals surface area contributed by atoms with Crippen molar-refractivity contribution in [2.75, 3.05) is 7.05 Å². The predicted molar refractivity (Wildman–Crippen MR) is 63.3 cm³/mol. The molecule has 80 valence electrons. The smallest absolute Gasteiger partial charge is 0.101 e. The molecule has 0 saturated carbocycles. The molecule has 0 aliphatic heterocycles. The summed E-state index contributed by atoms with van der Waals surface area (Å²) in [5, 5.41) is 5.43. The van der Waals surface area contributed by atoms with Gasteiger partial charge in [-0.2, -0.15) is 0 Å². The lowest BCUT2D eigenvalue weighted by Gasteiger charge is -2.12. The Balaban J connectivity index is 2.11. The van der Waals surface area contributed by atoms with Crippen LogP contribution in [0.2, 0.25) is 0 Å². The molecule has 1 N–H and O–H groups in total. The second kappa shape index (κ2) is 4.64. The quantitative estimate of drug-likeness (QED) is 0.858. The first-order valence-electron chi connectivity index (χ1n) is 5.04. The van der Waals surface area contributed by atoms with Gasteiger partial charge in [0.05, 0.1) is 6.26 Å². The maximum atomic E-state index is 5.33. The number of nitrogens with one attached hydrogen (secondary N) is 1. The maximum Gasteiger partial charge on any atom is 0.101 e. The van der Waals surface area contributed by atoms with Gasteiger partial charge in [0.15, 0.2) is 0 Å². The Kier molecular flexibility index (Phi) is 3.23. The lowest BCUT2D eigenvalue weighted by atomic mass is 10.1. The van der Waals surface area contributed by atoms with Crippen LogP contribution in [0.5, 0.6) is 0 Å². The molecule has 2 rings (SSSR count). The van der Waals surface area contributed by atoms with E-state index in [2.05, 4.69) is 28.9 Å². The summed E-state index contributed by atoms with van der Waals surface area (Å²) in [5.74, 6) is 0.969. The van der Waals surface area contributed by atoms with Crippen molar-refractivity contribution in [2.24, 2.45) is 0 Å². The molecule has 0 spiro atoms. The van der Waals surface area contributed by atoms with Crippen LogP contribution in [0.15, 0.2) is 34.3 Å². The topological polar surface area (TPSA) is 25.2 Å². The SMILES string of the molecule is CNC(Cc1cccs1)c1coc(C)c1. The zero-order valence-electron chi connectivity index (χ0n) is 8.99. The fourth-order valence-electron chi connectivity index (χ4n) is 1.66. The van der Waals surface area contributed by atoms with Crippen molar-refractivity contribution < 1.29 is 4.42 Å². The molecular weight excluding hydrogens is 206 g/mol. The van der Waals surface area contributed by atoms with Crippen molar-refractivity contribution in [3.63, 3.8) is 0 Å². The number of furan rings is 1. The highest BCUT2D eigenvalue weighted by molar-refractivity contribution is 7.09. The van der Waals surface area contributed by atoms with E-state index < -0.39 is 0 Å². The van der Waals surface area contributed by atoms with E-state index in [-0.39, 0.29) is 0 Å². The van der Waals surface area contributed by atoms with Gasteiger partial charge in [-0.25, -0.2) is 0 Å². The normalized spacial score (nSPS) is 12.9. The Labute approximate surface area is 93.9 Å². The highest BCUT2D eigenvalue weighted by Crippen LogP contribution is 2.22. The van der Waals surface area contributed by atoms with Crippen LogP contribution < -0.4 is 5.32 Å². The third kappa shape index (κ3) is 2.49. The fraction of sp³-hybridized carbons (Fsp3) is 0.333. The first-order chi connectivity index (χ1) is 7.29. The summed E-state index contributed by atoms with van der Waals surface area (Å²) in [6.45, 7) is 1.97. The van der Waals surface area contributed by atoms with Crippen molar-refractivity contribution >= 4 is 11.3 Å². The van der Waals surface area contributed by atoms with Crippen molar-refractivity contribution in [3.05, 3.63) is 46.0 Å². The monoisotopic (exact) mass is 221 g/mol. The molecule has 2 aromatic heterocycles. The van der Waals surface area contributed by atoms with Gasteiger partial charge in [-0.15, -0.1) is 11.3 Å². The van der Waals surface area contributed by atoms with Crippen molar-refractivity contribution in [2.45, 2.75) is 19.4 Å². The third-order valence-corrected chi connectivity index (χ3v) is 3.39. The van der Waals surface area contributed by atoms with E-state index in [1.807, 2.05) is 20.2 Å². The number of aryl methyl sites for hydroxylation is 1. The molecule has 0 fully saturated rings. The molecule has 0 aromatic carbocycles. The van der Waals surface area contributed by atoms with Crippen LogP contribution in [0.25, 0.3) is 0 Å². The Bertz CT molecular complexity index is 405. The van der Waals surface area contributed by atoms with Gasteiger partial charge < -0.3 is 9.73 Å². The predicted octanol–water partition coefficient (Wildman–Crippen LogP) is 3.15. The molecule has 1 unspecified atom stereocenters. The summed E-state index contributed by atoms with van der Waals surface area (Å²) < 4.78 is 5.33. The molecule has 0 aliphatic rings. The van der Waals surface area contributed by atoms with Gasteiger partial charge in [-0.05, 0) is 31.5 Å². The van der Waals surface area contributed by atoms with Crippen molar-refractivity contribution in [3.8, 4) is 0 Å². The van der Waals surface area contributed by atoms with E-state index >= 15 is 0 Å². The number of hydrogen-bond donors (Lipinski definition) is 1. The maximum absolute atomic E-state index is 5.33. The number of likely N-dealkylation sites (N-methyl/N-ethyl adjacent to an activating group) is 1. The molecule has 2 nitrogen and oxygen atoms in total. The lowest BCUT2D eigenvalue weighted by Crippen LogP contribution is -2.17. The van der Waals surface area contributed by atoms with E-state index in [4.69, 9.17) is 4.42 Å². The molecular formula is C12H15NOS. The van der Waals surface area contributed by atoms with Gasteiger partial charge in [0, 0.05) is 22.9 Å². The summed E-state index contributed by atoms with van der Waals surface area (Å²) in [6.07, 6.45) is 2.86. The van der Waals surface area contributed by atoms with Gasteiger partial charge in [-0.3, -0.25) is 0 Å². The summed E-state index contributed by atoms with van der Waals surface area (Å²) in [4.78, 5) is 1.40. The van der Waals surface area contributed by atoms with Gasteiger partial charge in [0.25, 0.3) is 0 Å². The highest BCUT2D eigenvalue weighted by atomic mass is 32.1. The Hall–Kier alpha value is -1.06. The molecule has 0 amide bonds. The standard InChI is InChI=1S/C12H15NOS/c1-9-6-10(8-14-9)12(13-2)7-11-4-3-5-15-11/h3-6,8,12-13H,7H2,1-2H3. The fourth-order valence-corrected chi connectivity index (χ4v) is 2.41. The third-order valence-electron chi connectivity index (χ3n) is 2.49. The minimum absolute atomic E-state index is 0.348. The average Bonchev–Trinajstić information content (AvgIpc) is 2.85. The molecule has 0 saturated heterocycles. The molecule has 2 heterocycles. The van der Waals surface area contributed by atoms with E-state index in [1.165, 1.54) is 10.4 Å². The van der Waals surface area contributed by atoms with Crippen LogP contribution in [0.1, 0.15) is 22.2 Å². The second-order valence-corrected chi connectivity index (χ2v) is 4.65. The van der Waals surface area contributed by atoms with Crippen LogP contribution in [-0.2, 0) is 6.42 Å². The summed E-state index contributed by atoms with van der Waals surface area (Å²) in [5.41, 5.74) is 1.23. The van der Waals surface area contributed by atoms with Crippen molar-refractivity contribution in [1.82, 2.24) is 5.32 Å². The lowest BCUT2D eigenvalue weighted by molar-refractivity contribution is 0.521. The summed E-state index contributed by atoms with van der Waals surface area (Å²) in [6, 6.07) is 6.70. The van der Waals surface area contributed by atoms with E-state index in [9.17, 15) is 0 Å². The van der Waals surface area contributed by atoms with Gasteiger partial charge in [-0.1, -0.05) is 6.07 Å². The zero-order chi connectivity index (χ0) is 10.7. The summed E-state index contributed by atoms with van der Waals surface area (Å²) in [7, 11) is 1.99. The molecule has 2 aromatic rings. The van der Waals surface area contributed by atoms with Gasteiger partial charge >= 0.3 is 0 Å².